The Labute approximate surface area is 169 Å². The lowest BCUT2D eigenvalue weighted by atomic mass is 10.1. The zero-order chi connectivity index (χ0) is 20.5. The molecule has 0 unspecified atom stereocenters. The average Bonchev–Trinajstić information content (AvgIpc) is 3.50. The van der Waals surface area contributed by atoms with Crippen molar-refractivity contribution in [3.8, 4) is 0 Å². The molecule has 0 radical (unpaired) electrons. The van der Waals surface area contributed by atoms with Crippen molar-refractivity contribution in [2.45, 2.75) is 56.7 Å². The Morgan fingerprint density at radius 1 is 0.655 bits per heavy atom. The molecule has 0 spiro atoms. The summed E-state index contributed by atoms with van der Waals surface area (Å²) >= 11 is 0. The Bertz CT molecular complexity index is 764. The molecule has 0 bridgehead atoms. The van der Waals surface area contributed by atoms with Gasteiger partial charge in [0, 0.05) is 19.6 Å². The molecule has 0 aromatic carbocycles. The second kappa shape index (κ2) is 8.00. The van der Waals surface area contributed by atoms with Crippen LogP contribution in [0.25, 0.3) is 0 Å². The number of rotatable bonds is 4. The Kier molecular flexibility index (Phi) is 5.43. The van der Waals surface area contributed by atoms with Crippen molar-refractivity contribution in [2.24, 2.45) is 5.92 Å². The fourth-order valence-electron chi connectivity index (χ4n) is 5.03. The normalized spacial score (nSPS) is 29.2. The highest BCUT2D eigenvalue weighted by Crippen LogP contribution is 2.29. The highest BCUT2D eigenvalue weighted by atomic mass is 16.4. The molecule has 3 heterocycles. The molecule has 3 saturated heterocycles. The van der Waals surface area contributed by atoms with Crippen LogP contribution in [0, 0.1) is 5.92 Å². The number of nitrogens with zero attached hydrogens (tertiary/aromatic N) is 3. The molecule has 8 nitrogen and oxygen atoms in total. The van der Waals surface area contributed by atoms with Crippen LogP contribution in [0.3, 0.4) is 0 Å². The van der Waals surface area contributed by atoms with Crippen LogP contribution >= 0.6 is 0 Å². The van der Waals surface area contributed by atoms with Gasteiger partial charge < -0.3 is 19.8 Å². The van der Waals surface area contributed by atoms with E-state index in [9.17, 15) is 24.3 Å². The summed E-state index contributed by atoms with van der Waals surface area (Å²) in [5.41, 5.74) is 0. The Morgan fingerprint density at radius 3 is 1.55 bits per heavy atom. The van der Waals surface area contributed by atoms with Gasteiger partial charge in [-0.2, -0.15) is 0 Å². The van der Waals surface area contributed by atoms with Crippen LogP contribution in [0.4, 0.5) is 0 Å². The third kappa shape index (κ3) is 3.56. The maximum absolute atomic E-state index is 13.3. The lowest BCUT2D eigenvalue weighted by Crippen LogP contribution is -2.55. The van der Waals surface area contributed by atoms with E-state index in [1.165, 1.54) is 4.90 Å². The summed E-state index contributed by atoms with van der Waals surface area (Å²) in [4.78, 5) is 55.4. The maximum Gasteiger partial charge on any atom is 0.326 e. The molecule has 3 atom stereocenters. The van der Waals surface area contributed by atoms with E-state index in [0.717, 1.165) is 6.42 Å². The van der Waals surface area contributed by atoms with Gasteiger partial charge >= 0.3 is 5.97 Å². The van der Waals surface area contributed by atoms with Crippen molar-refractivity contribution in [1.29, 1.82) is 0 Å². The second-order valence-electron chi connectivity index (χ2n) is 8.20. The first-order chi connectivity index (χ1) is 14.0. The molecule has 0 aromatic rings. The number of hydrogen-bond acceptors (Lipinski definition) is 4. The van der Waals surface area contributed by atoms with Crippen LogP contribution in [0.2, 0.25) is 0 Å². The van der Waals surface area contributed by atoms with Gasteiger partial charge in [0.1, 0.15) is 18.1 Å². The van der Waals surface area contributed by atoms with Crippen molar-refractivity contribution in [3.63, 3.8) is 0 Å². The number of allylic oxidation sites excluding steroid dienone is 2. The smallest absolute Gasteiger partial charge is 0.326 e. The number of amides is 3. The van der Waals surface area contributed by atoms with Gasteiger partial charge in [0.15, 0.2) is 0 Å². The van der Waals surface area contributed by atoms with E-state index in [0.29, 0.717) is 51.7 Å². The fraction of sp³-hybridized carbons (Fsp3) is 0.619. The summed E-state index contributed by atoms with van der Waals surface area (Å²) < 4.78 is 0. The molecule has 3 aliphatic heterocycles. The van der Waals surface area contributed by atoms with E-state index < -0.39 is 24.1 Å². The number of carbonyl (C=O) groups excluding carboxylic acids is 3. The summed E-state index contributed by atoms with van der Waals surface area (Å²) in [6, 6.07) is -1.95. The zero-order valence-electron chi connectivity index (χ0n) is 16.4. The van der Waals surface area contributed by atoms with Crippen molar-refractivity contribution >= 4 is 23.7 Å². The molecule has 4 rings (SSSR count). The first-order valence-corrected chi connectivity index (χ1v) is 10.5. The summed E-state index contributed by atoms with van der Waals surface area (Å²) in [7, 11) is 0. The quantitative estimate of drug-likeness (QED) is 0.751. The first-order valence-electron chi connectivity index (χ1n) is 10.5. The Morgan fingerprint density at radius 2 is 1.07 bits per heavy atom. The molecular formula is C21H27N3O5. The average molecular weight is 401 g/mol. The Hall–Kier alpha value is -2.64. The minimum absolute atomic E-state index is 0.0709. The molecule has 8 heteroatoms. The number of carbonyl (C=O) groups is 4. The molecule has 4 aliphatic rings. The number of likely N-dealkylation sites (tertiary alicyclic amines) is 3. The van der Waals surface area contributed by atoms with Crippen LogP contribution in [0.15, 0.2) is 24.3 Å². The molecule has 0 aromatic heterocycles. The van der Waals surface area contributed by atoms with Crippen LogP contribution in [0.1, 0.15) is 38.5 Å². The number of carboxylic acid groups (broad SMARTS) is 1. The van der Waals surface area contributed by atoms with E-state index in [2.05, 4.69) is 0 Å². The first kappa shape index (κ1) is 19.7. The summed E-state index contributed by atoms with van der Waals surface area (Å²) in [6.07, 6.45) is 11.1. The van der Waals surface area contributed by atoms with Crippen LogP contribution in [-0.2, 0) is 19.2 Å². The van der Waals surface area contributed by atoms with Gasteiger partial charge in [-0.25, -0.2) is 4.79 Å². The molecule has 3 amide bonds. The van der Waals surface area contributed by atoms with Gasteiger partial charge in [0.25, 0.3) is 0 Å². The Balaban J connectivity index is 1.48. The fourth-order valence-corrected chi connectivity index (χ4v) is 5.03. The minimum Gasteiger partial charge on any atom is -0.480 e. The van der Waals surface area contributed by atoms with E-state index in [1.54, 1.807) is 9.80 Å². The number of aliphatic carboxylic acids is 1. The topological polar surface area (TPSA) is 98.2 Å². The van der Waals surface area contributed by atoms with E-state index in [-0.39, 0.29) is 23.6 Å². The lowest BCUT2D eigenvalue weighted by Gasteiger charge is -2.34. The zero-order valence-corrected chi connectivity index (χ0v) is 16.4. The summed E-state index contributed by atoms with van der Waals surface area (Å²) in [6.45, 7) is 1.44. The molecule has 0 saturated carbocycles. The second-order valence-corrected chi connectivity index (χ2v) is 8.20. The van der Waals surface area contributed by atoms with Gasteiger partial charge in [-0.1, -0.05) is 24.3 Å². The van der Waals surface area contributed by atoms with Crippen LogP contribution in [0.5, 0.6) is 0 Å². The van der Waals surface area contributed by atoms with Crippen molar-refractivity contribution in [1.82, 2.24) is 14.7 Å². The predicted octanol–water partition coefficient (Wildman–Crippen LogP) is 0.786. The molecule has 29 heavy (non-hydrogen) atoms. The molecule has 1 N–H and O–H groups in total. The summed E-state index contributed by atoms with van der Waals surface area (Å²) in [5.74, 6) is -1.82. The van der Waals surface area contributed by atoms with E-state index in [4.69, 9.17) is 0 Å². The molecule has 156 valence electrons. The highest BCUT2D eigenvalue weighted by Gasteiger charge is 2.45. The van der Waals surface area contributed by atoms with E-state index in [1.807, 2.05) is 24.3 Å². The van der Waals surface area contributed by atoms with Gasteiger partial charge in [0.2, 0.25) is 17.7 Å². The predicted molar refractivity (Wildman–Crippen MR) is 104 cm³/mol. The summed E-state index contributed by atoms with van der Waals surface area (Å²) in [5, 5.41) is 9.39. The monoisotopic (exact) mass is 401 g/mol. The molecular weight excluding hydrogens is 374 g/mol. The largest absolute Gasteiger partial charge is 0.480 e. The van der Waals surface area contributed by atoms with Gasteiger partial charge in [0.05, 0.1) is 5.92 Å². The SMILES string of the molecule is O=C(O)[C@@H]1CCCN1C(=O)[C@@H]1CCCN1C(=O)[C@@H]1CCCN1C(=O)C1C=CC=C1. The van der Waals surface area contributed by atoms with Crippen LogP contribution < -0.4 is 0 Å². The van der Waals surface area contributed by atoms with Crippen molar-refractivity contribution < 1.29 is 24.3 Å². The van der Waals surface area contributed by atoms with Gasteiger partial charge in [-0.3, -0.25) is 14.4 Å². The van der Waals surface area contributed by atoms with E-state index >= 15 is 0 Å². The highest BCUT2D eigenvalue weighted by molar-refractivity contribution is 5.95. The minimum atomic E-state index is -0.989. The molecule has 1 aliphatic carbocycles. The number of hydrogen-bond donors (Lipinski definition) is 1. The lowest BCUT2D eigenvalue weighted by molar-refractivity contribution is -0.153. The van der Waals surface area contributed by atoms with Gasteiger partial charge in [-0.15, -0.1) is 0 Å². The third-order valence-corrected chi connectivity index (χ3v) is 6.50. The van der Waals surface area contributed by atoms with Crippen molar-refractivity contribution in [3.05, 3.63) is 24.3 Å². The van der Waals surface area contributed by atoms with Crippen molar-refractivity contribution in [2.75, 3.05) is 19.6 Å². The maximum atomic E-state index is 13.3. The number of carboxylic acids is 1. The third-order valence-electron chi connectivity index (χ3n) is 6.50. The van der Waals surface area contributed by atoms with Gasteiger partial charge in [-0.05, 0) is 38.5 Å². The van der Waals surface area contributed by atoms with Crippen LogP contribution in [-0.4, -0.2) is 81.3 Å². The standard InChI is InChI=1S/C21H27N3O5/c25-18(14-6-1-2-7-14)22-11-3-8-15(22)19(26)23-12-4-9-16(23)20(27)24-13-5-10-17(24)21(28)29/h1-2,6-7,14-17H,3-5,8-13H2,(H,28,29)/t15-,16-,17-/m0/s1. The molecule has 3 fully saturated rings.